The molecule has 0 aliphatic carbocycles. The highest BCUT2D eigenvalue weighted by Crippen LogP contribution is 1.97. The van der Waals surface area contributed by atoms with Crippen LogP contribution in [-0.2, 0) is 4.79 Å². The molecule has 0 aromatic heterocycles. The first-order valence-electron chi connectivity index (χ1n) is 4.24. The molecule has 4 heteroatoms. The standard InChI is InChI=1S/C8H17N3O/c1-2-4-7(12)5-3-6-11-8(9)10/h2-6H2,1H3,(H4,9,10,11). The zero-order chi connectivity index (χ0) is 9.40. The fraction of sp³-hybridized carbons (Fsp3) is 0.750. The Morgan fingerprint density at radius 3 is 2.50 bits per heavy atom. The van der Waals surface area contributed by atoms with E-state index in [2.05, 4.69) is 4.99 Å². The van der Waals surface area contributed by atoms with Crippen molar-refractivity contribution in [2.24, 2.45) is 16.5 Å². The number of carbonyl (C=O) groups excluding carboxylic acids is 1. The van der Waals surface area contributed by atoms with Gasteiger partial charge in [-0.05, 0) is 12.8 Å². The van der Waals surface area contributed by atoms with Crippen molar-refractivity contribution in [3.05, 3.63) is 0 Å². The quantitative estimate of drug-likeness (QED) is 0.345. The number of carbonyl (C=O) groups is 1. The Balaban J connectivity index is 3.31. The molecule has 0 aromatic carbocycles. The molecule has 0 heterocycles. The number of Topliss-reactive ketones (excluding diaryl/α,β-unsaturated/α-hetero) is 1. The molecule has 0 aliphatic heterocycles. The Bertz CT molecular complexity index is 162. The third kappa shape index (κ3) is 7.05. The molecule has 0 aromatic rings. The molecule has 0 amide bonds. The van der Waals surface area contributed by atoms with Crippen LogP contribution in [0, 0.1) is 0 Å². The van der Waals surface area contributed by atoms with Crippen molar-refractivity contribution in [3.8, 4) is 0 Å². The summed E-state index contributed by atoms with van der Waals surface area (Å²) in [5.74, 6) is 0.390. The summed E-state index contributed by atoms with van der Waals surface area (Å²) in [4.78, 5) is 14.8. The van der Waals surface area contributed by atoms with E-state index in [-0.39, 0.29) is 5.96 Å². The largest absolute Gasteiger partial charge is 0.370 e. The normalized spacial score (nSPS) is 9.42. The molecule has 0 bridgehead atoms. The molecule has 0 atom stereocenters. The Kier molecular flexibility index (Phi) is 6.05. The average Bonchev–Trinajstić information content (AvgIpc) is 1.98. The van der Waals surface area contributed by atoms with Crippen LogP contribution >= 0.6 is 0 Å². The van der Waals surface area contributed by atoms with Crippen molar-refractivity contribution in [2.45, 2.75) is 32.6 Å². The number of nitrogens with two attached hydrogens (primary N) is 2. The Morgan fingerprint density at radius 1 is 1.33 bits per heavy atom. The maximum atomic E-state index is 11.0. The molecule has 0 rings (SSSR count). The third-order valence-corrected chi connectivity index (χ3v) is 1.44. The lowest BCUT2D eigenvalue weighted by Crippen LogP contribution is -2.23. The molecular weight excluding hydrogens is 154 g/mol. The topological polar surface area (TPSA) is 81.5 Å². The number of hydrogen-bond donors (Lipinski definition) is 2. The van der Waals surface area contributed by atoms with Crippen LogP contribution in [0.25, 0.3) is 0 Å². The van der Waals surface area contributed by atoms with Crippen LogP contribution in [0.2, 0.25) is 0 Å². The molecule has 4 N–H and O–H groups in total. The summed E-state index contributed by atoms with van der Waals surface area (Å²) in [5, 5.41) is 0. The predicted molar refractivity (Wildman–Crippen MR) is 49.8 cm³/mol. The Labute approximate surface area is 73.0 Å². The summed E-state index contributed by atoms with van der Waals surface area (Å²) in [5.41, 5.74) is 10.2. The monoisotopic (exact) mass is 171 g/mol. The van der Waals surface area contributed by atoms with Crippen LogP contribution in [-0.4, -0.2) is 18.3 Å². The molecule has 0 spiro atoms. The van der Waals surface area contributed by atoms with Crippen molar-refractivity contribution in [2.75, 3.05) is 6.54 Å². The zero-order valence-corrected chi connectivity index (χ0v) is 7.55. The molecule has 70 valence electrons. The SMILES string of the molecule is CCCC(=O)CCCN=C(N)N. The van der Waals surface area contributed by atoms with Gasteiger partial charge in [-0.15, -0.1) is 0 Å². The van der Waals surface area contributed by atoms with Crippen molar-refractivity contribution < 1.29 is 4.79 Å². The number of aliphatic imine (C=N–C) groups is 1. The van der Waals surface area contributed by atoms with Gasteiger partial charge in [-0.25, -0.2) is 0 Å². The van der Waals surface area contributed by atoms with Crippen LogP contribution in [0.5, 0.6) is 0 Å². The van der Waals surface area contributed by atoms with Gasteiger partial charge in [0.05, 0.1) is 0 Å². The summed E-state index contributed by atoms with van der Waals surface area (Å²) < 4.78 is 0. The van der Waals surface area contributed by atoms with E-state index in [1.165, 1.54) is 0 Å². The first-order chi connectivity index (χ1) is 5.66. The summed E-state index contributed by atoms with van der Waals surface area (Å²) in [7, 11) is 0. The van der Waals surface area contributed by atoms with E-state index in [4.69, 9.17) is 11.5 Å². The molecule has 4 nitrogen and oxygen atoms in total. The lowest BCUT2D eigenvalue weighted by atomic mass is 10.1. The Hall–Kier alpha value is -1.06. The second-order valence-corrected chi connectivity index (χ2v) is 2.70. The Morgan fingerprint density at radius 2 is 2.00 bits per heavy atom. The van der Waals surface area contributed by atoms with Crippen LogP contribution < -0.4 is 11.5 Å². The van der Waals surface area contributed by atoms with Crippen molar-refractivity contribution in [3.63, 3.8) is 0 Å². The van der Waals surface area contributed by atoms with Gasteiger partial charge in [-0.1, -0.05) is 6.92 Å². The lowest BCUT2D eigenvalue weighted by Gasteiger charge is -1.96. The molecule has 12 heavy (non-hydrogen) atoms. The van der Waals surface area contributed by atoms with E-state index < -0.39 is 0 Å². The second kappa shape index (κ2) is 6.64. The van der Waals surface area contributed by atoms with E-state index in [1.807, 2.05) is 6.92 Å². The van der Waals surface area contributed by atoms with Gasteiger partial charge >= 0.3 is 0 Å². The summed E-state index contributed by atoms with van der Waals surface area (Å²) >= 11 is 0. The van der Waals surface area contributed by atoms with Crippen LogP contribution in [0.1, 0.15) is 32.6 Å². The van der Waals surface area contributed by atoms with Gasteiger partial charge in [0.15, 0.2) is 5.96 Å². The molecule has 0 saturated heterocycles. The molecule has 0 radical (unpaired) electrons. The number of hydrogen-bond acceptors (Lipinski definition) is 2. The second-order valence-electron chi connectivity index (χ2n) is 2.70. The summed E-state index contributed by atoms with van der Waals surface area (Å²) in [6, 6.07) is 0. The van der Waals surface area contributed by atoms with Crippen molar-refractivity contribution >= 4 is 11.7 Å². The summed E-state index contributed by atoms with van der Waals surface area (Å²) in [6.45, 7) is 2.55. The lowest BCUT2D eigenvalue weighted by molar-refractivity contribution is -0.119. The van der Waals surface area contributed by atoms with Gasteiger partial charge in [0.1, 0.15) is 5.78 Å². The third-order valence-electron chi connectivity index (χ3n) is 1.44. The van der Waals surface area contributed by atoms with Gasteiger partial charge in [0.2, 0.25) is 0 Å². The average molecular weight is 171 g/mol. The predicted octanol–water partition coefficient (Wildman–Crippen LogP) is 0.409. The van der Waals surface area contributed by atoms with E-state index >= 15 is 0 Å². The van der Waals surface area contributed by atoms with Crippen molar-refractivity contribution in [1.82, 2.24) is 0 Å². The van der Waals surface area contributed by atoms with Gasteiger partial charge in [-0.3, -0.25) is 9.79 Å². The molecule has 0 fully saturated rings. The molecule has 0 saturated carbocycles. The van der Waals surface area contributed by atoms with Gasteiger partial charge < -0.3 is 11.5 Å². The smallest absolute Gasteiger partial charge is 0.185 e. The highest BCUT2D eigenvalue weighted by molar-refractivity contribution is 5.78. The summed E-state index contributed by atoms with van der Waals surface area (Å²) in [6.07, 6.45) is 2.92. The minimum absolute atomic E-state index is 0.0953. The van der Waals surface area contributed by atoms with Crippen LogP contribution in [0.3, 0.4) is 0 Å². The molecular formula is C8H17N3O. The van der Waals surface area contributed by atoms with Gasteiger partial charge in [0, 0.05) is 19.4 Å². The number of guanidine groups is 1. The number of nitrogens with zero attached hydrogens (tertiary/aromatic N) is 1. The van der Waals surface area contributed by atoms with Gasteiger partial charge in [-0.2, -0.15) is 0 Å². The zero-order valence-electron chi connectivity index (χ0n) is 7.55. The van der Waals surface area contributed by atoms with E-state index in [1.54, 1.807) is 0 Å². The molecule has 0 aliphatic rings. The maximum Gasteiger partial charge on any atom is 0.185 e. The maximum absolute atomic E-state index is 11.0. The van der Waals surface area contributed by atoms with Crippen molar-refractivity contribution in [1.29, 1.82) is 0 Å². The highest BCUT2D eigenvalue weighted by Gasteiger charge is 1.98. The number of ketones is 1. The molecule has 0 unspecified atom stereocenters. The minimum Gasteiger partial charge on any atom is -0.370 e. The van der Waals surface area contributed by atoms with Crippen LogP contribution in [0.15, 0.2) is 4.99 Å². The highest BCUT2D eigenvalue weighted by atomic mass is 16.1. The van der Waals surface area contributed by atoms with Gasteiger partial charge in [0.25, 0.3) is 0 Å². The van der Waals surface area contributed by atoms with E-state index in [0.717, 1.165) is 12.8 Å². The first kappa shape index (κ1) is 10.9. The fourth-order valence-electron chi connectivity index (χ4n) is 0.888. The first-order valence-corrected chi connectivity index (χ1v) is 4.24. The van der Waals surface area contributed by atoms with E-state index in [0.29, 0.717) is 25.2 Å². The minimum atomic E-state index is 0.0953. The van der Waals surface area contributed by atoms with Crippen LogP contribution in [0.4, 0.5) is 0 Å². The van der Waals surface area contributed by atoms with E-state index in [9.17, 15) is 4.79 Å². The fourth-order valence-corrected chi connectivity index (χ4v) is 0.888. The number of rotatable bonds is 6.